The van der Waals surface area contributed by atoms with E-state index in [4.69, 9.17) is 15.4 Å². The maximum absolute atomic E-state index is 11.6. The van der Waals surface area contributed by atoms with Gasteiger partial charge < -0.3 is 16.2 Å². The van der Waals surface area contributed by atoms with Crippen LogP contribution in [0, 0.1) is 6.92 Å². The highest BCUT2D eigenvalue weighted by molar-refractivity contribution is 7.85. The number of benzene rings is 1. The maximum Gasteiger partial charge on any atom is 0.320 e. The third kappa shape index (κ3) is 5.14. The lowest BCUT2D eigenvalue weighted by Crippen LogP contribution is -2.31. The Hall–Kier alpha value is -1.97. The molecule has 116 valence electrons. The number of nitrogens with two attached hydrogens (primary N) is 1. The number of anilines is 1. The Kier molecular flexibility index (Phi) is 5.41. The van der Waals surface area contributed by atoms with E-state index < -0.39 is 28.0 Å². The summed E-state index contributed by atoms with van der Waals surface area (Å²) >= 11 is 0. The topological polar surface area (TPSA) is 147 Å². The number of hydrogen-bond acceptors (Lipinski definition) is 5. The zero-order chi connectivity index (χ0) is 16.2. The van der Waals surface area contributed by atoms with Gasteiger partial charge in [0.1, 0.15) is 6.04 Å². The molecular formula is C12H16N2O6S. The summed E-state index contributed by atoms with van der Waals surface area (Å²) in [5.74, 6) is -1.70. The first-order valence-electron chi connectivity index (χ1n) is 5.97. The first-order valence-corrected chi connectivity index (χ1v) is 7.41. The number of nitrogens with one attached hydrogen (secondary N) is 1. The number of carbonyl (C=O) groups is 2. The van der Waals surface area contributed by atoms with E-state index in [1.165, 1.54) is 19.1 Å². The van der Waals surface area contributed by atoms with Crippen LogP contribution in [0.1, 0.15) is 18.4 Å². The van der Waals surface area contributed by atoms with Crippen molar-refractivity contribution in [3.8, 4) is 0 Å². The molecule has 1 atom stereocenters. The molecule has 0 aliphatic heterocycles. The molecule has 21 heavy (non-hydrogen) atoms. The molecule has 0 unspecified atom stereocenters. The fourth-order valence-corrected chi connectivity index (χ4v) is 2.34. The van der Waals surface area contributed by atoms with E-state index in [0.717, 1.165) is 6.07 Å². The maximum atomic E-state index is 11.6. The highest BCUT2D eigenvalue weighted by Gasteiger charge is 2.16. The quantitative estimate of drug-likeness (QED) is 0.554. The lowest BCUT2D eigenvalue weighted by Gasteiger charge is -2.09. The van der Waals surface area contributed by atoms with Crippen LogP contribution in [0.3, 0.4) is 0 Å². The lowest BCUT2D eigenvalue weighted by molar-refractivity contribution is -0.138. The molecule has 9 heteroatoms. The Labute approximate surface area is 121 Å². The highest BCUT2D eigenvalue weighted by Crippen LogP contribution is 2.20. The van der Waals surface area contributed by atoms with E-state index in [0.29, 0.717) is 5.56 Å². The van der Waals surface area contributed by atoms with Gasteiger partial charge in [-0.2, -0.15) is 8.42 Å². The SMILES string of the molecule is Cc1ccc(NC(=O)CC[C@H](N)C(=O)O)cc1S(=O)(=O)O. The smallest absolute Gasteiger partial charge is 0.320 e. The van der Waals surface area contributed by atoms with Gasteiger partial charge in [-0.1, -0.05) is 6.07 Å². The van der Waals surface area contributed by atoms with Crippen LogP contribution < -0.4 is 11.1 Å². The van der Waals surface area contributed by atoms with Gasteiger partial charge in [-0.3, -0.25) is 14.1 Å². The first kappa shape index (κ1) is 17.1. The molecular weight excluding hydrogens is 300 g/mol. The van der Waals surface area contributed by atoms with E-state index in [2.05, 4.69) is 5.32 Å². The number of aliphatic carboxylic acids is 1. The van der Waals surface area contributed by atoms with Gasteiger partial charge in [0.15, 0.2) is 0 Å². The van der Waals surface area contributed by atoms with Crippen molar-refractivity contribution in [1.82, 2.24) is 0 Å². The fraction of sp³-hybridized carbons (Fsp3) is 0.333. The molecule has 0 spiro atoms. The van der Waals surface area contributed by atoms with Crippen molar-refractivity contribution < 1.29 is 27.7 Å². The molecule has 1 aromatic rings. The Morgan fingerprint density at radius 3 is 2.52 bits per heavy atom. The average molecular weight is 316 g/mol. The van der Waals surface area contributed by atoms with Crippen LogP contribution in [0.15, 0.2) is 23.1 Å². The van der Waals surface area contributed by atoms with Crippen LogP contribution in [-0.4, -0.2) is 36.0 Å². The predicted octanol–water partition coefficient (Wildman–Crippen LogP) is 0.372. The van der Waals surface area contributed by atoms with Gasteiger partial charge >= 0.3 is 5.97 Å². The van der Waals surface area contributed by atoms with E-state index in [1.54, 1.807) is 0 Å². The summed E-state index contributed by atoms with van der Waals surface area (Å²) in [6.45, 7) is 1.50. The zero-order valence-electron chi connectivity index (χ0n) is 11.2. The molecule has 0 saturated heterocycles. The summed E-state index contributed by atoms with van der Waals surface area (Å²) in [5, 5.41) is 11.0. The molecule has 0 fully saturated rings. The third-order valence-corrected chi connectivity index (χ3v) is 3.75. The fourth-order valence-electron chi connectivity index (χ4n) is 1.59. The minimum Gasteiger partial charge on any atom is -0.480 e. The summed E-state index contributed by atoms with van der Waals surface area (Å²) in [6.07, 6.45) is -0.166. The number of amides is 1. The van der Waals surface area contributed by atoms with Gasteiger partial charge in [-0.15, -0.1) is 0 Å². The van der Waals surface area contributed by atoms with Crippen LogP contribution in [0.4, 0.5) is 5.69 Å². The minimum atomic E-state index is -4.38. The number of carbonyl (C=O) groups excluding carboxylic acids is 1. The number of carboxylic acid groups (broad SMARTS) is 1. The molecule has 0 aliphatic carbocycles. The van der Waals surface area contributed by atoms with Crippen LogP contribution >= 0.6 is 0 Å². The predicted molar refractivity (Wildman–Crippen MR) is 74.5 cm³/mol. The lowest BCUT2D eigenvalue weighted by atomic mass is 10.1. The van der Waals surface area contributed by atoms with Gasteiger partial charge in [0.2, 0.25) is 5.91 Å². The van der Waals surface area contributed by atoms with Crippen molar-refractivity contribution in [2.75, 3.05) is 5.32 Å². The molecule has 1 rings (SSSR count). The zero-order valence-corrected chi connectivity index (χ0v) is 12.1. The number of hydrogen-bond donors (Lipinski definition) is 4. The minimum absolute atomic E-state index is 0.0435. The molecule has 8 nitrogen and oxygen atoms in total. The summed E-state index contributed by atoms with van der Waals surface area (Å²) in [5.41, 5.74) is 5.79. The van der Waals surface area contributed by atoms with E-state index >= 15 is 0 Å². The van der Waals surface area contributed by atoms with Crippen LogP contribution in [0.2, 0.25) is 0 Å². The molecule has 5 N–H and O–H groups in total. The molecule has 1 aromatic carbocycles. The van der Waals surface area contributed by atoms with Crippen LogP contribution in [0.5, 0.6) is 0 Å². The molecule has 0 bridgehead atoms. The average Bonchev–Trinajstić information content (AvgIpc) is 2.36. The second kappa shape index (κ2) is 6.66. The summed E-state index contributed by atoms with van der Waals surface area (Å²) in [4.78, 5) is 21.8. The largest absolute Gasteiger partial charge is 0.480 e. The van der Waals surface area contributed by atoms with Gasteiger partial charge in [-0.25, -0.2) is 0 Å². The van der Waals surface area contributed by atoms with Crippen LogP contribution in [0.25, 0.3) is 0 Å². The second-order valence-corrected chi connectivity index (χ2v) is 5.88. The molecule has 0 heterocycles. The Balaban J connectivity index is 2.76. The number of rotatable bonds is 6. The number of aryl methyl sites for hydroxylation is 1. The molecule has 0 radical (unpaired) electrons. The van der Waals surface area contributed by atoms with Crippen molar-refractivity contribution in [2.24, 2.45) is 5.73 Å². The first-order chi connectivity index (χ1) is 9.61. The van der Waals surface area contributed by atoms with Gasteiger partial charge in [0.05, 0.1) is 4.90 Å². The van der Waals surface area contributed by atoms with Crippen molar-refractivity contribution in [2.45, 2.75) is 30.7 Å². The molecule has 0 saturated carbocycles. The van der Waals surface area contributed by atoms with Crippen molar-refractivity contribution in [3.05, 3.63) is 23.8 Å². The van der Waals surface area contributed by atoms with Gasteiger partial charge in [0.25, 0.3) is 10.1 Å². The second-order valence-electron chi connectivity index (χ2n) is 4.49. The van der Waals surface area contributed by atoms with Gasteiger partial charge in [-0.05, 0) is 31.0 Å². The Bertz CT molecular complexity index is 656. The summed E-state index contributed by atoms with van der Waals surface area (Å²) in [6, 6.07) is 2.89. The summed E-state index contributed by atoms with van der Waals surface area (Å²) < 4.78 is 31.3. The Morgan fingerprint density at radius 1 is 1.38 bits per heavy atom. The van der Waals surface area contributed by atoms with Gasteiger partial charge in [0, 0.05) is 12.1 Å². The highest BCUT2D eigenvalue weighted by atomic mass is 32.2. The summed E-state index contributed by atoms with van der Waals surface area (Å²) in [7, 11) is -4.38. The van der Waals surface area contributed by atoms with Crippen LogP contribution in [-0.2, 0) is 19.7 Å². The normalized spacial score (nSPS) is 12.7. The molecule has 0 aromatic heterocycles. The molecule has 0 aliphatic rings. The Morgan fingerprint density at radius 2 is 2.00 bits per heavy atom. The van der Waals surface area contributed by atoms with Crippen molar-refractivity contribution >= 4 is 27.7 Å². The standard InChI is InChI=1S/C12H16N2O6S/c1-7-2-3-8(6-10(7)21(18,19)20)14-11(15)5-4-9(13)12(16)17/h2-3,6,9H,4-5,13H2,1H3,(H,14,15)(H,16,17)(H,18,19,20)/t9-/m0/s1. The monoisotopic (exact) mass is 316 g/mol. The van der Waals surface area contributed by atoms with Crippen molar-refractivity contribution in [1.29, 1.82) is 0 Å². The molecule has 1 amide bonds. The van der Waals surface area contributed by atoms with E-state index in [1.807, 2.05) is 0 Å². The van der Waals surface area contributed by atoms with E-state index in [9.17, 15) is 18.0 Å². The number of carboxylic acids is 1. The third-order valence-electron chi connectivity index (χ3n) is 2.75. The van der Waals surface area contributed by atoms with Crippen molar-refractivity contribution in [3.63, 3.8) is 0 Å². The van der Waals surface area contributed by atoms with E-state index in [-0.39, 0.29) is 23.4 Å².